The first-order chi connectivity index (χ1) is 8.24. The first kappa shape index (κ1) is 11.1. The van der Waals surface area contributed by atoms with Crippen molar-refractivity contribution in [3.8, 4) is 0 Å². The first-order valence-electron chi connectivity index (χ1n) is 5.00. The van der Waals surface area contributed by atoms with Crippen LogP contribution in [0, 0.1) is 0 Å². The van der Waals surface area contributed by atoms with Crippen molar-refractivity contribution in [3.63, 3.8) is 0 Å². The Hall–Kier alpha value is -2.37. The van der Waals surface area contributed by atoms with E-state index in [4.69, 9.17) is 13.9 Å². The average molecular weight is 234 g/mol. The molecule has 0 unspecified atom stereocenters. The monoisotopic (exact) mass is 234 g/mol. The van der Waals surface area contributed by atoms with E-state index in [0.717, 1.165) is 11.8 Å². The van der Waals surface area contributed by atoms with Crippen LogP contribution >= 0.6 is 0 Å². The second-order valence-electron chi connectivity index (χ2n) is 3.28. The Labute approximate surface area is 96.6 Å². The second-order valence-corrected chi connectivity index (χ2v) is 3.28. The van der Waals surface area contributed by atoms with E-state index < -0.39 is 5.97 Å². The summed E-state index contributed by atoms with van der Waals surface area (Å²) >= 11 is 0. The largest absolute Gasteiger partial charge is 0.478 e. The molecule has 88 valence electrons. The summed E-state index contributed by atoms with van der Waals surface area (Å²) in [6.45, 7) is 0. The molecule has 0 spiro atoms. The number of hydrogen-bond donors (Lipinski definition) is 1. The highest BCUT2D eigenvalue weighted by molar-refractivity contribution is 5.84. The average Bonchev–Trinajstić information content (AvgIpc) is 2.95. The molecule has 1 N–H and O–H groups in total. The van der Waals surface area contributed by atoms with Crippen LogP contribution in [0.25, 0.3) is 6.08 Å². The number of rotatable bonds is 5. The molecule has 0 aliphatic rings. The van der Waals surface area contributed by atoms with E-state index in [2.05, 4.69) is 10.2 Å². The van der Waals surface area contributed by atoms with Gasteiger partial charge in [0.2, 0.25) is 11.8 Å². The van der Waals surface area contributed by atoms with Crippen molar-refractivity contribution >= 4 is 12.0 Å². The van der Waals surface area contributed by atoms with Gasteiger partial charge >= 0.3 is 5.97 Å². The minimum absolute atomic E-state index is 0.182. The molecule has 0 aliphatic carbocycles. The fourth-order valence-electron chi connectivity index (χ4n) is 1.26. The van der Waals surface area contributed by atoms with Gasteiger partial charge in [-0.3, -0.25) is 0 Å². The highest BCUT2D eigenvalue weighted by atomic mass is 16.4. The third kappa shape index (κ3) is 3.30. The molecule has 0 aliphatic heterocycles. The lowest BCUT2D eigenvalue weighted by atomic mass is 10.2. The second kappa shape index (κ2) is 5.11. The van der Waals surface area contributed by atoms with Gasteiger partial charge in [0, 0.05) is 25.0 Å². The standard InChI is InChI=1S/C11H10N2O4/c14-11(15)6-5-10-13-12-9(17-10)4-3-8-2-1-7-16-8/h1-2,5-7H,3-4H2,(H,14,15)/b6-5+. The van der Waals surface area contributed by atoms with Crippen molar-refractivity contribution in [1.82, 2.24) is 10.2 Å². The number of carboxylic acids is 1. The molecule has 2 rings (SSSR count). The third-order valence-electron chi connectivity index (χ3n) is 2.02. The van der Waals surface area contributed by atoms with Crippen molar-refractivity contribution in [2.24, 2.45) is 0 Å². The van der Waals surface area contributed by atoms with Gasteiger partial charge in [0.1, 0.15) is 5.76 Å². The Morgan fingerprint density at radius 1 is 1.41 bits per heavy atom. The number of aromatic nitrogens is 2. The quantitative estimate of drug-likeness (QED) is 0.789. The van der Waals surface area contributed by atoms with Crippen LogP contribution in [-0.2, 0) is 17.6 Å². The molecule has 0 fully saturated rings. The third-order valence-corrected chi connectivity index (χ3v) is 2.02. The van der Waals surface area contributed by atoms with Crippen molar-refractivity contribution in [2.75, 3.05) is 0 Å². The van der Waals surface area contributed by atoms with E-state index in [1.165, 1.54) is 6.08 Å². The predicted octanol–water partition coefficient (Wildman–Crippen LogP) is 1.55. The summed E-state index contributed by atoms with van der Waals surface area (Å²) in [7, 11) is 0. The van der Waals surface area contributed by atoms with Crippen molar-refractivity contribution in [1.29, 1.82) is 0 Å². The predicted molar refractivity (Wildman–Crippen MR) is 57.1 cm³/mol. The molecule has 0 bridgehead atoms. The zero-order valence-corrected chi connectivity index (χ0v) is 8.87. The maximum absolute atomic E-state index is 10.3. The lowest BCUT2D eigenvalue weighted by molar-refractivity contribution is -0.131. The van der Waals surface area contributed by atoms with Crippen LogP contribution < -0.4 is 0 Å². The van der Waals surface area contributed by atoms with Crippen LogP contribution in [0.15, 0.2) is 33.3 Å². The van der Waals surface area contributed by atoms with Gasteiger partial charge in [0.25, 0.3) is 0 Å². The lowest BCUT2D eigenvalue weighted by Gasteiger charge is -1.91. The lowest BCUT2D eigenvalue weighted by Crippen LogP contribution is -1.89. The number of hydrogen-bond acceptors (Lipinski definition) is 5. The molecule has 2 aromatic rings. The van der Waals surface area contributed by atoms with E-state index in [0.29, 0.717) is 18.7 Å². The molecule has 17 heavy (non-hydrogen) atoms. The van der Waals surface area contributed by atoms with Gasteiger partial charge in [0.05, 0.1) is 6.26 Å². The topological polar surface area (TPSA) is 89.4 Å². The molecule has 2 aromatic heterocycles. The molecule has 0 radical (unpaired) electrons. The maximum Gasteiger partial charge on any atom is 0.328 e. The summed E-state index contributed by atoms with van der Waals surface area (Å²) in [5.74, 6) is 0.416. The van der Waals surface area contributed by atoms with Crippen LogP contribution in [0.3, 0.4) is 0 Å². The van der Waals surface area contributed by atoms with E-state index in [9.17, 15) is 4.79 Å². The van der Waals surface area contributed by atoms with Gasteiger partial charge < -0.3 is 13.9 Å². The summed E-state index contributed by atoms with van der Waals surface area (Å²) in [6.07, 6.45) is 5.03. The summed E-state index contributed by atoms with van der Waals surface area (Å²) in [5.41, 5.74) is 0. The Morgan fingerprint density at radius 2 is 2.29 bits per heavy atom. The minimum atomic E-state index is -1.06. The highest BCUT2D eigenvalue weighted by Crippen LogP contribution is 2.08. The molecular formula is C11H10N2O4. The molecule has 0 aromatic carbocycles. The summed E-state index contributed by atoms with van der Waals surface area (Å²) < 4.78 is 10.4. The first-order valence-corrected chi connectivity index (χ1v) is 5.00. The van der Waals surface area contributed by atoms with E-state index in [-0.39, 0.29) is 5.89 Å². The van der Waals surface area contributed by atoms with E-state index >= 15 is 0 Å². The normalized spacial score (nSPS) is 11.1. The number of nitrogens with zero attached hydrogens (tertiary/aromatic N) is 2. The van der Waals surface area contributed by atoms with Crippen molar-refractivity contribution in [3.05, 3.63) is 42.0 Å². The smallest absolute Gasteiger partial charge is 0.328 e. The molecule has 0 atom stereocenters. The number of aliphatic carboxylic acids is 1. The number of carbonyl (C=O) groups is 1. The van der Waals surface area contributed by atoms with Crippen molar-refractivity contribution in [2.45, 2.75) is 12.8 Å². The van der Waals surface area contributed by atoms with E-state index in [1.807, 2.05) is 12.1 Å². The Bertz CT molecular complexity index is 513. The molecule has 6 heteroatoms. The molecule has 0 saturated heterocycles. The van der Waals surface area contributed by atoms with Crippen molar-refractivity contribution < 1.29 is 18.7 Å². The van der Waals surface area contributed by atoms with Gasteiger partial charge in [-0.1, -0.05) is 0 Å². The SMILES string of the molecule is O=C(O)/C=C/c1nnc(CCc2ccco2)o1. The molecular weight excluding hydrogens is 224 g/mol. The number of furan rings is 1. The van der Waals surface area contributed by atoms with Gasteiger partial charge in [-0.25, -0.2) is 4.79 Å². The van der Waals surface area contributed by atoms with Crippen LogP contribution in [0.5, 0.6) is 0 Å². The van der Waals surface area contributed by atoms with Crippen LogP contribution in [-0.4, -0.2) is 21.3 Å². The van der Waals surface area contributed by atoms with E-state index in [1.54, 1.807) is 6.26 Å². The summed E-state index contributed by atoms with van der Waals surface area (Å²) in [5, 5.41) is 15.9. The van der Waals surface area contributed by atoms with Crippen LogP contribution in [0.2, 0.25) is 0 Å². The molecule has 0 amide bonds. The Kier molecular flexibility index (Phi) is 3.34. The summed E-state index contributed by atoms with van der Waals surface area (Å²) in [4.78, 5) is 10.3. The fraction of sp³-hybridized carbons (Fsp3) is 0.182. The van der Waals surface area contributed by atoms with Gasteiger partial charge in [-0.05, 0) is 12.1 Å². The van der Waals surface area contributed by atoms with Gasteiger partial charge in [-0.2, -0.15) is 0 Å². The molecule has 2 heterocycles. The molecule has 0 saturated carbocycles. The number of carboxylic acid groups (broad SMARTS) is 1. The highest BCUT2D eigenvalue weighted by Gasteiger charge is 2.05. The Morgan fingerprint density at radius 3 is 3.00 bits per heavy atom. The maximum atomic E-state index is 10.3. The number of aryl methyl sites for hydroxylation is 2. The van der Waals surface area contributed by atoms with Crippen LogP contribution in [0.1, 0.15) is 17.5 Å². The summed E-state index contributed by atoms with van der Waals surface area (Å²) in [6, 6.07) is 3.67. The van der Waals surface area contributed by atoms with Gasteiger partial charge in [0.15, 0.2) is 0 Å². The minimum Gasteiger partial charge on any atom is -0.478 e. The Balaban J connectivity index is 1.92. The van der Waals surface area contributed by atoms with Crippen LogP contribution in [0.4, 0.5) is 0 Å². The zero-order chi connectivity index (χ0) is 12.1. The fourth-order valence-corrected chi connectivity index (χ4v) is 1.26. The zero-order valence-electron chi connectivity index (χ0n) is 8.87. The van der Waals surface area contributed by atoms with Gasteiger partial charge in [-0.15, -0.1) is 10.2 Å². The molecule has 6 nitrogen and oxygen atoms in total.